The second-order valence-electron chi connectivity index (χ2n) is 3.66. The van der Waals surface area contributed by atoms with Crippen LogP contribution in [0.2, 0.25) is 0 Å². The maximum Gasteiger partial charge on any atom is 0.0587 e. The Morgan fingerprint density at radius 1 is 1.50 bits per heavy atom. The molecule has 2 nitrogen and oxygen atoms in total. The molecule has 0 aromatic heterocycles. The lowest BCUT2D eigenvalue weighted by molar-refractivity contribution is 0.199. The van der Waals surface area contributed by atoms with E-state index in [0.717, 1.165) is 19.7 Å². The topological polar surface area (TPSA) is 21.3 Å². The zero-order chi connectivity index (χ0) is 13.2. The minimum absolute atomic E-state index is 0.658. The number of hydrogen-bond acceptors (Lipinski definition) is 3. The molecule has 18 heavy (non-hydrogen) atoms. The summed E-state index contributed by atoms with van der Waals surface area (Å²) in [7, 11) is 1.70. The minimum Gasteiger partial charge on any atom is -0.383 e. The van der Waals surface area contributed by atoms with Crippen molar-refractivity contribution in [1.29, 1.82) is 0 Å². The van der Waals surface area contributed by atoms with Gasteiger partial charge in [-0.15, -0.1) is 11.8 Å². The van der Waals surface area contributed by atoms with Crippen molar-refractivity contribution in [3.63, 3.8) is 0 Å². The second-order valence-corrected chi connectivity index (χ2v) is 5.41. The second kappa shape index (κ2) is 9.70. The standard InChI is InChI=1S/C13H17Cl2NOS/c1-17-6-5-16-9-11-3-2-4-13(7-11)18-10-12(15)8-14/h2-4,7-8,16H,5-6,9-10H2,1H3. The highest BCUT2D eigenvalue weighted by Gasteiger charge is 1.99. The summed E-state index contributed by atoms with van der Waals surface area (Å²) in [6.07, 6.45) is 0. The number of benzene rings is 1. The molecule has 0 aliphatic carbocycles. The quantitative estimate of drug-likeness (QED) is 0.582. The summed E-state index contributed by atoms with van der Waals surface area (Å²) in [6.45, 7) is 2.43. The molecule has 0 aliphatic rings. The lowest BCUT2D eigenvalue weighted by Crippen LogP contribution is -2.18. The molecule has 5 heteroatoms. The van der Waals surface area contributed by atoms with Gasteiger partial charge < -0.3 is 10.1 Å². The summed E-state index contributed by atoms with van der Waals surface area (Å²) in [4.78, 5) is 1.19. The van der Waals surface area contributed by atoms with Crippen LogP contribution in [0.5, 0.6) is 0 Å². The van der Waals surface area contributed by atoms with Crippen molar-refractivity contribution < 1.29 is 4.74 Å². The van der Waals surface area contributed by atoms with E-state index < -0.39 is 0 Å². The van der Waals surface area contributed by atoms with Crippen LogP contribution in [0.15, 0.2) is 39.7 Å². The molecule has 0 unspecified atom stereocenters. The lowest BCUT2D eigenvalue weighted by atomic mass is 10.2. The Hall–Kier alpha value is -0.190. The van der Waals surface area contributed by atoms with E-state index in [1.807, 2.05) is 6.07 Å². The first-order chi connectivity index (χ1) is 8.76. The van der Waals surface area contributed by atoms with Gasteiger partial charge in [0.15, 0.2) is 0 Å². The van der Waals surface area contributed by atoms with Gasteiger partial charge in [-0.2, -0.15) is 0 Å². The van der Waals surface area contributed by atoms with Gasteiger partial charge in [-0.25, -0.2) is 0 Å². The third kappa shape index (κ3) is 6.66. The molecule has 1 rings (SSSR count). The van der Waals surface area contributed by atoms with Gasteiger partial charge in [-0.3, -0.25) is 0 Å². The molecule has 1 N–H and O–H groups in total. The van der Waals surface area contributed by atoms with Crippen LogP contribution in [0, 0.1) is 0 Å². The van der Waals surface area contributed by atoms with E-state index >= 15 is 0 Å². The molecule has 0 spiro atoms. The first-order valence-corrected chi connectivity index (χ1v) is 7.42. The van der Waals surface area contributed by atoms with Crippen LogP contribution < -0.4 is 5.32 Å². The van der Waals surface area contributed by atoms with Gasteiger partial charge in [-0.05, 0) is 17.7 Å². The summed E-state index contributed by atoms with van der Waals surface area (Å²) in [6, 6.07) is 8.38. The van der Waals surface area contributed by atoms with Crippen molar-refractivity contribution in [3.8, 4) is 0 Å². The molecule has 0 radical (unpaired) electrons. The van der Waals surface area contributed by atoms with Crippen LogP contribution in [0.4, 0.5) is 0 Å². The van der Waals surface area contributed by atoms with Gasteiger partial charge in [0.2, 0.25) is 0 Å². The monoisotopic (exact) mass is 305 g/mol. The molecule has 100 valence electrons. The van der Waals surface area contributed by atoms with Crippen molar-refractivity contribution >= 4 is 35.0 Å². The fourth-order valence-electron chi connectivity index (χ4n) is 1.34. The number of rotatable bonds is 8. The van der Waals surface area contributed by atoms with Crippen LogP contribution in [-0.2, 0) is 11.3 Å². The molecule has 1 aromatic carbocycles. The summed E-state index contributed by atoms with van der Waals surface area (Å²) < 4.78 is 4.98. The third-order valence-corrected chi connectivity index (χ3v) is 4.02. The Balaban J connectivity index is 2.41. The minimum atomic E-state index is 0.658. The number of ether oxygens (including phenoxy) is 1. The summed E-state index contributed by atoms with van der Waals surface area (Å²) in [5, 5.41) is 3.97. The highest BCUT2D eigenvalue weighted by atomic mass is 35.5. The maximum atomic E-state index is 5.86. The first-order valence-electron chi connectivity index (χ1n) is 5.62. The number of hydrogen-bond donors (Lipinski definition) is 1. The van der Waals surface area contributed by atoms with Crippen molar-refractivity contribution in [1.82, 2.24) is 5.32 Å². The van der Waals surface area contributed by atoms with Gasteiger partial charge >= 0.3 is 0 Å². The molecular formula is C13H17Cl2NOS. The zero-order valence-electron chi connectivity index (χ0n) is 10.3. The van der Waals surface area contributed by atoms with Crippen LogP contribution in [0.25, 0.3) is 0 Å². The highest BCUT2D eigenvalue weighted by molar-refractivity contribution is 7.99. The van der Waals surface area contributed by atoms with Gasteiger partial charge in [0.1, 0.15) is 0 Å². The SMILES string of the molecule is COCCNCc1cccc(SCC(Cl)=CCl)c1. The van der Waals surface area contributed by atoms with Crippen molar-refractivity contribution in [2.24, 2.45) is 0 Å². The number of methoxy groups -OCH3 is 1. The van der Waals surface area contributed by atoms with E-state index in [2.05, 4.69) is 23.5 Å². The summed E-state index contributed by atoms with van der Waals surface area (Å²) in [5.74, 6) is 0.700. The molecule has 0 saturated heterocycles. The van der Waals surface area contributed by atoms with E-state index in [-0.39, 0.29) is 0 Å². The highest BCUT2D eigenvalue weighted by Crippen LogP contribution is 2.23. The third-order valence-electron chi connectivity index (χ3n) is 2.21. The van der Waals surface area contributed by atoms with Gasteiger partial charge in [-0.1, -0.05) is 35.3 Å². The maximum absolute atomic E-state index is 5.86. The molecule has 0 amide bonds. The molecule has 0 saturated carbocycles. The van der Waals surface area contributed by atoms with E-state index in [1.54, 1.807) is 18.9 Å². The van der Waals surface area contributed by atoms with Crippen molar-refractivity contribution in [3.05, 3.63) is 40.4 Å². The number of nitrogens with one attached hydrogen (secondary N) is 1. The fraction of sp³-hybridized carbons (Fsp3) is 0.385. The lowest BCUT2D eigenvalue weighted by Gasteiger charge is -2.06. The van der Waals surface area contributed by atoms with Gasteiger partial charge in [0.25, 0.3) is 0 Å². The average molecular weight is 306 g/mol. The zero-order valence-corrected chi connectivity index (χ0v) is 12.6. The normalized spacial score (nSPS) is 11.8. The predicted octanol–water partition coefficient (Wildman–Crippen LogP) is 3.83. The van der Waals surface area contributed by atoms with E-state index in [4.69, 9.17) is 27.9 Å². The van der Waals surface area contributed by atoms with Crippen molar-refractivity contribution in [2.75, 3.05) is 26.0 Å². The predicted molar refractivity (Wildman–Crippen MR) is 80.5 cm³/mol. The largest absolute Gasteiger partial charge is 0.383 e. The Labute approximate surface area is 123 Å². The fourth-order valence-corrected chi connectivity index (χ4v) is 2.47. The number of halogens is 2. The van der Waals surface area contributed by atoms with E-state index in [0.29, 0.717) is 10.8 Å². The van der Waals surface area contributed by atoms with Crippen LogP contribution in [0.1, 0.15) is 5.56 Å². The molecule has 0 bridgehead atoms. The van der Waals surface area contributed by atoms with Crippen LogP contribution in [0.3, 0.4) is 0 Å². The molecule has 0 heterocycles. The Morgan fingerprint density at radius 3 is 3.06 bits per heavy atom. The molecule has 1 aromatic rings. The van der Waals surface area contributed by atoms with Gasteiger partial charge in [0, 0.05) is 41.4 Å². The summed E-state index contributed by atoms with van der Waals surface area (Å²) >= 11 is 13.0. The molecule has 0 fully saturated rings. The molecular weight excluding hydrogens is 289 g/mol. The van der Waals surface area contributed by atoms with E-state index in [9.17, 15) is 0 Å². The van der Waals surface area contributed by atoms with E-state index in [1.165, 1.54) is 16.0 Å². The van der Waals surface area contributed by atoms with Crippen LogP contribution in [-0.4, -0.2) is 26.0 Å². The average Bonchev–Trinajstić information content (AvgIpc) is 2.41. The van der Waals surface area contributed by atoms with Gasteiger partial charge in [0.05, 0.1) is 6.61 Å². The Morgan fingerprint density at radius 2 is 2.33 bits per heavy atom. The summed E-state index contributed by atoms with van der Waals surface area (Å²) in [5.41, 5.74) is 2.66. The van der Waals surface area contributed by atoms with Crippen LogP contribution >= 0.6 is 35.0 Å². The molecule has 0 atom stereocenters. The number of thioether (sulfide) groups is 1. The van der Waals surface area contributed by atoms with Crippen molar-refractivity contribution in [2.45, 2.75) is 11.4 Å². The molecule has 0 aliphatic heterocycles. The smallest absolute Gasteiger partial charge is 0.0587 e. The first kappa shape index (κ1) is 15.9. The Bertz CT molecular complexity index is 385. The Kier molecular flexibility index (Phi) is 8.55.